The average Bonchev–Trinajstić information content (AvgIpc) is 2.41. The number of hydrogen-bond donors (Lipinski definition) is 2. The number of rotatable bonds is 6. The molecule has 0 aliphatic heterocycles. The summed E-state index contributed by atoms with van der Waals surface area (Å²) < 4.78 is 12.4. The molecule has 1 aromatic rings. The van der Waals surface area contributed by atoms with E-state index < -0.39 is 19.2 Å². The lowest BCUT2D eigenvalue weighted by atomic mass is 9.77. The zero-order valence-electron chi connectivity index (χ0n) is 12.8. The van der Waals surface area contributed by atoms with Gasteiger partial charge in [-0.05, 0) is 17.4 Å². The Hall–Kier alpha value is -1.40. The first kappa shape index (κ1) is 17.7. The van der Waals surface area contributed by atoms with Gasteiger partial charge in [0.15, 0.2) is 0 Å². The van der Waals surface area contributed by atoms with Crippen molar-refractivity contribution in [2.75, 3.05) is 13.2 Å². The molecule has 2 N–H and O–H groups in total. The number of alkyl halides is 1. The van der Waals surface area contributed by atoms with Gasteiger partial charge < -0.3 is 14.9 Å². The molecule has 0 aromatic heterocycles. The maximum atomic E-state index is 12.4. The summed E-state index contributed by atoms with van der Waals surface area (Å²) in [5.41, 5.74) is 0.455. The highest BCUT2D eigenvalue weighted by molar-refractivity contribution is 6.59. The summed E-state index contributed by atoms with van der Waals surface area (Å²) in [5, 5.41) is 18.8. The summed E-state index contributed by atoms with van der Waals surface area (Å²) in [5.74, 6) is -0.0850. The van der Waals surface area contributed by atoms with Gasteiger partial charge in [0.1, 0.15) is 0 Å². The van der Waals surface area contributed by atoms with Crippen LogP contribution in [0.2, 0.25) is 0 Å². The standard InChI is InChI=1S/C15H23BFNO3/c1-15(2,3)14(19)18(10-6-9-17)11-12-7-4-5-8-13(12)16(20)21/h4-5,7-8,20-21H,6,9-11H2,1-3H3. The Morgan fingerprint density at radius 2 is 1.90 bits per heavy atom. The van der Waals surface area contributed by atoms with E-state index in [2.05, 4.69) is 0 Å². The normalized spacial score (nSPS) is 11.3. The van der Waals surface area contributed by atoms with E-state index in [1.807, 2.05) is 20.8 Å². The molecule has 1 rings (SSSR count). The monoisotopic (exact) mass is 295 g/mol. The summed E-state index contributed by atoms with van der Waals surface area (Å²) in [4.78, 5) is 14.0. The molecule has 0 fully saturated rings. The third-order valence-electron chi connectivity index (χ3n) is 3.18. The minimum atomic E-state index is -1.59. The largest absolute Gasteiger partial charge is 0.488 e. The molecule has 1 amide bonds. The second kappa shape index (κ2) is 7.57. The number of halogens is 1. The van der Waals surface area contributed by atoms with E-state index in [-0.39, 0.29) is 18.9 Å². The molecule has 0 unspecified atom stereocenters. The van der Waals surface area contributed by atoms with Gasteiger partial charge in [0.25, 0.3) is 0 Å². The van der Waals surface area contributed by atoms with Crippen LogP contribution in [0, 0.1) is 5.41 Å². The number of nitrogens with zero attached hydrogens (tertiary/aromatic N) is 1. The van der Waals surface area contributed by atoms with Gasteiger partial charge in [-0.15, -0.1) is 0 Å². The van der Waals surface area contributed by atoms with Gasteiger partial charge in [0.2, 0.25) is 5.91 Å². The third-order valence-corrected chi connectivity index (χ3v) is 3.18. The molecule has 0 saturated heterocycles. The Labute approximate surface area is 125 Å². The second-order valence-corrected chi connectivity index (χ2v) is 6.09. The summed E-state index contributed by atoms with van der Waals surface area (Å²) in [6, 6.07) is 6.83. The lowest BCUT2D eigenvalue weighted by molar-refractivity contribution is -0.140. The number of benzene rings is 1. The Morgan fingerprint density at radius 3 is 2.43 bits per heavy atom. The van der Waals surface area contributed by atoms with Gasteiger partial charge in [-0.2, -0.15) is 0 Å². The van der Waals surface area contributed by atoms with Crippen LogP contribution in [0.4, 0.5) is 4.39 Å². The van der Waals surface area contributed by atoms with E-state index >= 15 is 0 Å². The Kier molecular flexibility index (Phi) is 6.36. The van der Waals surface area contributed by atoms with Crippen LogP contribution >= 0.6 is 0 Å². The fraction of sp³-hybridized carbons (Fsp3) is 0.533. The van der Waals surface area contributed by atoms with Crippen molar-refractivity contribution in [3.8, 4) is 0 Å². The Bertz CT molecular complexity index is 474. The number of hydrogen-bond acceptors (Lipinski definition) is 3. The van der Waals surface area contributed by atoms with Crippen LogP contribution < -0.4 is 5.46 Å². The highest BCUT2D eigenvalue weighted by atomic mass is 19.1. The molecule has 4 nitrogen and oxygen atoms in total. The predicted octanol–water partition coefficient (Wildman–Crippen LogP) is 1.10. The molecule has 0 spiro atoms. The van der Waals surface area contributed by atoms with Crippen molar-refractivity contribution in [3.05, 3.63) is 29.8 Å². The van der Waals surface area contributed by atoms with Crippen molar-refractivity contribution >= 4 is 18.5 Å². The van der Waals surface area contributed by atoms with Gasteiger partial charge in [-0.25, -0.2) is 0 Å². The van der Waals surface area contributed by atoms with Crippen LogP contribution in [0.1, 0.15) is 32.8 Å². The van der Waals surface area contributed by atoms with Gasteiger partial charge in [0, 0.05) is 18.5 Å². The van der Waals surface area contributed by atoms with Crippen LogP contribution in [0.5, 0.6) is 0 Å². The van der Waals surface area contributed by atoms with E-state index in [0.717, 1.165) is 0 Å². The van der Waals surface area contributed by atoms with E-state index in [1.165, 1.54) is 0 Å². The van der Waals surface area contributed by atoms with E-state index in [0.29, 0.717) is 17.6 Å². The predicted molar refractivity (Wildman–Crippen MR) is 81.7 cm³/mol. The number of amides is 1. The minimum absolute atomic E-state index is 0.0850. The molecule has 0 atom stereocenters. The van der Waals surface area contributed by atoms with E-state index in [1.54, 1.807) is 29.2 Å². The summed E-state index contributed by atoms with van der Waals surface area (Å²) >= 11 is 0. The molecular weight excluding hydrogens is 272 g/mol. The third kappa shape index (κ3) is 5.14. The summed E-state index contributed by atoms with van der Waals surface area (Å²) in [6.07, 6.45) is 0.270. The molecule has 0 aliphatic carbocycles. The molecule has 116 valence electrons. The topological polar surface area (TPSA) is 60.8 Å². The molecule has 0 saturated carbocycles. The average molecular weight is 295 g/mol. The van der Waals surface area contributed by atoms with Crippen LogP contribution in [0.25, 0.3) is 0 Å². The Morgan fingerprint density at radius 1 is 1.29 bits per heavy atom. The van der Waals surface area contributed by atoms with Gasteiger partial charge in [-0.1, -0.05) is 45.0 Å². The first-order valence-electron chi connectivity index (χ1n) is 7.06. The zero-order chi connectivity index (χ0) is 16.0. The van der Waals surface area contributed by atoms with Crippen LogP contribution in [0.15, 0.2) is 24.3 Å². The molecule has 6 heteroatoms. The van der Waals surface area contributed by atoms with Crippen molar-refractivity contribution in [1.82, 2.24) is 4.90 Å². The minimum Gasteiger partial charge on any atom is -0.423 e. The highest BCUT2D eigenvalue weighted by Gasteiger charge is 2.28. The number of carbonyl (C=O) groups excluding carboxylic acids is 1. The quantitative estimate of drug-likeness (QED) is 0.773. The SMILES string of the molecule is CC(C)(C)C(=O)N(CCCF)Cc1ccccc1B(O)O. The molecule has 0 heterocycles. The zero-order valence-corrected chi connectivity index (χ0v) is 12.8. The highest BCUT2D eigenvalue weighted by Crippen LogP contribution is 2.19. The second-order valence-electron chi connectivity index (χ2n) is 6.09. The van der Waals surface area contributed by atoms with Crippen LogP contribution in [-0.2, 0) is 11.3 Å². The number of carbonyl (C=O) groups is 1. The van der Waals surface area contributed by atoms with Gasteiger partial charge in [-0.3, -0.25) is 9.18 Å². The maximum Gasteiger partial charge on any atom is 0.488 e. The van der Waals surface area contributed by atoms with E-state index in [9.17, 15) is 19.2 Å². The first-order valence-corrected chi connectivity index (χ1v) is 7.06. The van der Waals surface area contributed by atoms with E-state index in [4.69, 9.17) is 0 Å². The lowest BCUT2D eigenvalue weighted by Crippen LogP contribution is -2.42. The fourth-order valence-electron chi connectivity index (χ4n) is 2.11. The molecule has 0 radical (unpaired) electrons. The maximum absolute atomic E-state index is 12.4. The smallest absolute Gasteiger partial charge is 0.423 e. The molecule has 1 aromatic carbocycles. The molecule has 0 bridgehead atoms. The first-order chi connectivity index (χ1) is 9.77. The van der Waals surface area contributed by atoms with Crippen molar-refractivity contribution in [2.24, 2.45) is 5.41 Å². The van der Waals surface area contributed by atoms with Crippen molar-refractivity contribution in [3.63, 3.8) is 0 Å². The van der Waals surface area contributed by atoms with Gasteiger partial charge in [0.05, 0.1) is 6.67 Å². The molecule has 21 heavy (non-hydrogen) atoms. The lowest BCUT2D eigenvalue weighted by Gasteiger charge is -2.30. The molecular formula is C15H23BFNO3. The van der Waals surface area contributed by atoms with Crippen LogP contribution in [0.3, 0.4) is 0 Å². The van der Waals surface area contributed by atoms with Gasteiger partial charge >= 0.3 is 7.12 Å². The summed E-state index contributed by atoms with van der Waals surface area (Å²) in [7, 11) is -1.59. The summed E-state index contributed by atoms with van der Waals surface area (Å²) in [6.45, 7) is 5.49. The van der Waals surface area contributed by atoms with Crippen molar-refractivity contribution in [1.29, 1.82) is 0 Å². The van der Waals surface area contributed by atoms with Crippen molar-refractivity contribution < 1.29 is 19.2 Å². The van der Waals surface area contributed by atoms with Crippen molar-refractivity contribution in [2.45, 2.75) is 33.7 Å². The fourth-order valence-corrected chi connectivity index (χ4v) is 2.11. The molecule has 0 aliphatic rings. The van der Waals surface area contributed by atoms with Crippen LogP contribution in [-0.4, -0.2) is 41.2 Å². The Balaban J connectivity index is 2.99.